The normalized spacial score (nSPS) is 14.9. The van der Waals surface area contributed by atoms with E-state index in [9.17, 15) is 13.2 Å². The van der Waals surface area contributed by atoms with Crippen molar-refractivity contribution in [2.24, 2.45) is 0 Å². The van der Waals surface area contributed by atoms with Gasteiger partial charge in [-0.2, -0.15) is 0 Å². The largest absolute Gasteiger partial charge is 0.378 e. The molecule has 0 unspecified atom stereocenters. The van der Waals surface area contributed by atoms with Crippen LogP contribution in [0.5, 0.6) is 0 Å². The Morgan fingerprint density at radius 1 is 1.15 bits per heavy atom. The second-order valence-electron chi connectivity index (χ2n) is 6.00. The molecule has 1 fully saturated rings. The molecule has 0 radical (unpaired) electrons. The van der Waals surface area contributed by atoms with Crippen LogP contribution in [-0.2, 0) is 14.8 Å². The molecule has 6 nitrogen and oxygen atoms in total. The van der Waals surface area contributed by atoms with Gasteiger partial charge in [0, 0.05) is 23.7 Å². The minimum Gasteiger partial charge on any atom is -0.378 e. The Hall–Kier alpha value is -2.09. The maximum absolute atomic E-state index is 12.6. The summed E-state index contributed by atoms with van der Waals surface area (Å²) in [7, 11) is -3.83. The minimum atomic E-state index is -3.83. The highest BCUT2D eigenvalue weighted by molar-refractivity contribution is 7.92. The third-order valence-corrected chi connectivity index (χ3v) is 5.90. The monoisotopic (exact) mass is 394 g/mol. The van der Waals surface area contributed by atoms with Crippen molar-refractivity contribution >= 4 is 33.2 Å². The number of halogens is 1. The standard InChI is InChI=1S/C18H19ClN2O4S/c1-13-5-6-15(12-17(13)19)20-26(23,24)16-4-2-3-14(11-16)18(22)21-7-9-25-10-8-21/h2-6,11-12,20H,7-10H2,1H3. The first-order chi connectivity index (χ1) is 12.4. The van der Waals surface area contributed by atoms with Gasteiger partial charge in [0.25, 0.3) is 15.9 Å². The van der Waals surface area contributed by atoms with E-state index in [0.717, 1.165) is 5.56 Å². The van der Waals surface area contributed by atoms with Gasteiger partial charge in [-0.25, -0.2) is 8.42 Å². The number of amides is 1. The van der Waals surface area contributed by atoms with Crippen molar-refractivity contribution in [3.63, 3.8) is 0 Å². The van der Waals surface area contributed by atoms with Gasteiger partial charge in [-0.15, -0.1) is 0 Å². The van der Waals surface area contributed by atoms with Crippen molar-refractivity contribution < 1.29 is 17.9 Å². The quantitative estimate of drug-likeness (QED) is 0.865. The van der Waals surface area contributed by atoms with Gasteiger partial charge in [0.1, 0.15) is 0 Å². The summed E-state index contributed by atoms with van der Waals surface area (Å²) in [5.74, 6) is -0.205. The average Bonchev–Trinajstić information content (AvgIpc) is 2.65. The Bertz CT molecular complexity index is 925. The van der Waals surface area contributed by atoms with E-state index in [0.29, 0.717) is 42.6 Å². The molecule has 2 aromatic carbocycles. The molecule has 2 aromatic rings. The molecular formula is C18H19ClN2O4S. The number of carbonyl (C=O) groups is 1. The number of nitrogens with one attached hydrogen (secondary N) is 1. The second-order valence-corrected chi connectivity index (χ2v) is 8.09. The predicted molar refractivity (Wildman–Crippen MR) is 100 cm³/mol. The number of rotatable bonds is 4. The van der Waals surface area contributed by atoms with Crippen molar-refractivity contribution in [1.82, 2.24) is 4.90 Å². The SMILES string of the molecule is Cc1ccc(NS(=O)(=O)c2cccc(C(=O)N3CCOCC3)c2)cc1Cl. The average molecular weight is 395 g/mol. The highest BCUT2D eigenvalue weighted by Crippen LogP contribution is 2.23. The predicted octanol–water partition coefficient (Wildman–Crippen LogP) is 2.92. The van der Waals surface area contributed by atoms with Gasteiger partial charge in [0.2, 0.25) is 0 Å². The third-order valence-electron chi connectivity index (χ3n) is 4.11. The van der Waals surface area contributed by atoms with Crippen LogP contribution < -0.4 is 4.72 Å². The van der Waals surface area contributed by atoms with Gasteiger partial charge in [-0.1, -0.05) is 23.7 Å². The fourth-order valence-electron chi connectivity index (χ4n) is 2.62. The number of anilines is 1. The minimum absolute atomic E-state index is 0.0216. The molecule has 8 heteroatoms. The van der Waals surface area contributed by atoms with Crippen LogP contribution in [0.1, 0.15) is 15.9 Å². The highest BCUT2D eigenvalue weighted by Gasteiger charge is 2.21. The molecule has 1 amide bonds. The Balaban J connectivity index is 1.83. The van der Waals surface area contributed by atoms with Crippen molar-refractivity contribution in [1.29, 1.82) is 0 Å². The van der Waals surface area contributed by atoms with Gasteiger partial charge < -0.3 is 9.64 Å². The third kappa shape index (κ3) is 4.17. The summed E-state index contributed by atoms with van der Waals surface area (Å²) in [6, 6.07) is 10.9. The zero-order chi connectivity index (χ0) is 18.7. The van der Waals surface area contributed by atoms with Crippen LogP contribution in [0.15, 0.2) is 47.4 Å². The van der Waals surface area contributed by atoms with Crippen LogP contribution in [0, 0.1) is 6.92 Å². The number of hydrogen-bond donors (Lipinski definition) is 1. The van der Waals surface area contributed by atoms with Crippen LogP contribution in [0.3, 0.4) is 0 Å². The van der Waals surface area contributed by atoms with Gasteiger partial charge in [-0.05, 0) is 42.8 Å². The molecule has 0 aliphatic carbocycles. The van der Waals surface area contributed by atoms with Gasteiger partial charge in [0.05, 0.1) is 23.8 Å². The highest BCUT2D eigenvalue weighted by atomic mass is 35.5. The Morgan fingerprint density at radius 3 is 2.58 bits per heavy atom. The molecule has 0 bridgehead atoms. The molecule has 3 rings (SSSR count). The van der Waals surface area contributed by atoms with Crippen molar-refractivity contribution in [2.45, 2.75) is 11.8 Å². The Kier molecular flexibility index (Phi) is 5.50. The lowest BCUT2D eigenvalue weighted by Gasteiger charge is -2.27. The second kappa shape index (κ2) is 7.65. The number of sulfonamides is 1. The van der Waals surface area contributed by atoms with Crippen LogP contribution in [0.2, 0.25) is 5.02 Å². The Morgan fingerprint density at radius 2 is 1.88 bits per heavy atom. The fraction of sp³-hybridized carbons (Fsp3) is 0.278. The van der Waals surface area contributed by atoms with Crippen LogP contribution in [-0.4, -0.2) is 45.5 Å². The van der Waals surface area contributed by atoms with E-state index in [1.165, 1.54) is 12.1 Å². The topological polar surface area (TPSA) is 75.7 Å². The van der Waals surface area contributed by atoms with Gasteiger partial charge in [0.15, 0.2) is 0 Å². The number of benzene rings is 2. The van der Waals surface area contributed by atoms with E-state index in [1.54, 1.807) is 35.2 Å². The molecule has 0 spiro atoms. The lowest BCUT2D eigenvalue weighted by atomic mass is 10.2. The van der Waals surface area contributed by atoms with Crippen LogP contribution in [0.4, 0.5) is 5.69 Å². The zero-order valence-electron chi connectivity index (χ0n) is 14.2. The lowest BCUT2D eigenvalue weighted by molar-refractivity contribution is 0.0302. The number of nitrogens with zero attached hydrogens (tertiary/aromatic N) is 1. The van der Waals surface area contributed by atoms with Crippen LogP contribution in [0.25, 0.3) is 0 Å². The molecule has 1 saturated heterocycles. The van der Waals surface area contributed by atoms with E-state index < -0.39 is 10.0 Å². The summed E-state index contributed by atoms with van der Waals surface area (Å²) in [6.45, 7) is 3.80. The number of carbonyl (C=O) groups excluding carboxylic acids is 1. The number of ether oxygens (including phenoxy) is 1. The van der Waals surface area contributed by atoms with Crippen LogP contribution >= 0.6 is 11.6 Å². The van der Waals surface area contributed by atoms with Crippen molar-refractivity contribution in [2.75, 3.05) is 31.0 Å². The smallest absolute Gasteiger partial charge is 0.261 e. The summed E-state index contributed by atoms with van der Waals surface area (Å²) in [6.07, 6.45) is 0. The van der Waals surface area contributed by atoms with Gasteiger partial charge >= 0.3 is 0 Å². The maximum Gasteiger partial charge on any atom is 0.261 e. The van der Waals surface area contributed by atoms with E-state index in [1.807, 2.05) is 6.92 Å². The van der Waals surface area contributed by atoms with E-state index in [2.05, 4.69) is 4.72 Å². The van der Waals surface area contributed by atoms with E-state index in [-0.39, 0.29) is 10.8 Å². The van der Waals surface area contributed by atoms with Crippen molar-refractivity contribution in [3.05, 3.63) is 58.6 Å². The van der Waals surface area contributed by atoms with Gasteiger partial charge in [-0.3, -0.25) is 9.52 Å². The zero-order valence-corrected chi connectivity index (χ0v) is 15.8. The van der Waals surface area contributed by atoms with E-state index in [4.69, 9.17) is 16.3 Å². The summed E-state index contributed by atoms with van der Waals surface area (Å²) in [5, 5.41) is 0.474. The first-order valence-electron chi connectivity index (χ1n) is 8.13. The maximum atomic E-state index is 12.6. The summed E-state index contributed by atoms with van der Waals surface area (Å²) in [5.41, 5.74) is 1.55. The molecule has 1 heterocycles. The molecule has 1 aliphatic rings. The van der Waals surface area contributed by atoms with E-state index >= 15 is 0 Å². The first kappa shape index (κ1) is 18.7. The number of hydrogen-bond acceptors (Lipinski definition) is 4. The molecule has 138 valence electrons. The molecule has 26 heavy (non-hydrogen) atoms. The number of morpholine rings is 1. The molecule has 0 aromatic heterocycles. The Labute approximate surface area is 157 Å². The van der Waals surface area contributed by atoms with Crippen molar-refractivity contribution in [3.8, 4) is 0 Å². The summed E-state index contributed by atoms with van der Waals surface area (Å²) in [4.78, 5) is 14.2. The molecule has 1 aliphatic heterocycles. The molecule has 0 saturated carbocycles. The molecule has 1 N–H and O–H groups in total. The summed E-state index contributed by atoms with van der Waals surface area (Å²) >= 11 is 6.05. The fourth-order valence-corrected chi connectivity index (χ4v) is 3.89. The molecular weight excluding hydrogens is 376 g/mol. The summed E-state index contributed by atoms with van der Waals surface area (Å²) < 4.78 is 33.0. The first-order valence-corrected chi connectivity index (χ1v) is 9.99. The lowest BCUT2D eigenvalue weighted by Crippen LogP contribution is -2.40. The molecule has 0 atom stereocenters. The number of aryl methyl sites for hydroxylation is 1.